The first-order valence-corrected chi connectivity index (χ1v) is 5.53. The Morgan fingerprint density at radius 3 is 2.25 bits per heavy atom. The molecule has 1 aromatic carbocycles. The maximum atomic E-state index is 9.35. The Hall–Kier alpha value is -0.750. The minimum absolute atomic E-state index is 0. The van der Waals surface area contributed by atoms with Gasteiger partial charge in [0.1, 0.15) is 0 Å². The van der Waals surface area contributed by atoms with Crippen molar-refractivity contribution < 1.29 is 0 Å². The van der Waals surface area contributed by atoms with Crippen molar-refractivity contribution in [3.05, 3.63) is 34.9 Å². The monoisotopic (exact) mass is 256 g/mol. The largest absolute Gasteiger partial charge is 0.317 e. The minimum atomic E-state index is -0.310. The predicted octanol–water partition coefficient (Wildman–Crippen LogP) is 2.91. The Morgan fingerprint density at radius 1 is 1.19 bits per heavy atom. The molecule has 1 aliphatic rings. The summed E-state index contributed by atoms with van der Waals surface area (Å²) in [5.41, 5.74) is 0.784. The smallest absolute Gasteiger partial charge is 0.0846 e. The van der Waals surface area contributed by atoms with E-state index in [1.165, 1.54) is 0 Å². The molecule has 1 aromatic rings. The number of hydrogen-bond donors (Lipinski definition) is 1. The van der Waals surface area contributed by atoms with E-state index in [4.69, 9.17) is 11.6 Å². The molecule has 0 aromatic heterocycles. The second-order valence-corrected chi connectivity index (χ2v) is 4.39. The second-order valence-electron chi connectivity index (χ2n) is 3.95. The standard InChI is InChI=1S/C12H13ClN2.ClH/c13-11-3-1-10(2-4-11)12(9-14)5-7-15-8-6-12;/h1-4,15H,5-8H2;1H. The summed E-state index contributed by atoms with van der Waals surface area (Å²) in [7, 11) is 0. The molecule has 0 bridgehead atoms. The number of nitrogens with one attached hydrogen (secondary N) is 1. The summed E-state index contributed by atoms with van der Waals surface area (Å²) in [5.74, 6) is 0. The summed E-state index contributed by atoms with van der Waals surface area (Å²) in [5, 5.41) is 13.4. The number of nitriles is 1. The number of halogens is 2. The first kappa shape index (κ1) is 13.3. The van der Waals surface area contributed by atoms with Crippen LogP contribution in [0, 0.1) is 11.3 Å². The molecule has 0 unspecified atom stereocenters. The Balaban J connectivity index is 0.00000128. The van der Waals surface area contributed by atoms with E-state index in [1.807, 2.05) is 24.3 Å². The van der Waals surface area contributed by atoms with Gasteiger partial charge in [0.15, 0.2) is 0 Å². The van der Waals surface area contributed by atoms with Crippen LogP contribution < -0.4 is 5.32 Å². The van der Waals surface area contributed by atoms with Crippen LogP contribution in [0.1, 0.15) is 18.4 Å². The second kappa shape index (κ2) is 5.54. The average Bonchev–Trinajstić information content (AvgIpc) is 2.31. The molecular formula is C12H14Cl2N2. The normalized spacial score (nSPS) is 18.2. The number of nitrogens with zero attached hydrogens (tertiary/aromatic N) is 1. The van der Waals surface area contributed by atoms with E-state index in [-0.39, 0.29) is 17.8 Å². The zero-order valence-corrected chi connectivity index (χ0v) is 10.4. The van der Waals surface area contributed by atoms with E-state index in [1.54, 1.807) is 0 Å². The summed E-state index contributed by atoms with van der Waals surface area (Å²) in [6, 6.07) is 10.1. The van der Waals surface area contributed by atoms with Crippen LogP contribution >= 0.6 is 24.0 Å². The zero-order chi connectivity index (χ0) is 10.7. The van der Waals surface area contributed by atoms with Crippen LogP contribution in [0.5, 0.6) is 0 Å². The van der Waals surface area contributed by atoms with Crippen molar-refractivity contribution in [3.63, 3.8) is 0 Å². The van der Waals surface area contributed by atoms with E-state index in [0.717, 1.165) is 36.5 Å². The topological polar surface area (TPSA) is 35.8 Å². The first-order chi connectivity index (χ1) is 7.27. The molecule has 0 atom stereocenters. The molecule has 2 rings (SSSR count). The third kappa shape index (κ3) is 2.49. The lowest BCUT2D eigenvalue weighted by Gasteiger charge is -2.31. The van der Waals surface area contributed by atoms with Crippen LogP contribution in [-0.4, -0.2) is 13.1 Å². The molecule has 0 aliphatic carbocycles. The van der Waals surface area contributed by atoms with Crippen molar-refractivity contribution in [1.82, 2.24) is 5.32 Å². The van der Waals surface area contributed by atoms with E-state index >= 15 is 0 Å². The highest BCUT2D eigenvalue weighted by Crippen LogP contribution is 2.33. The molecule has 1 N–H and O–H groups in total. The van der Waals surface area contributed by atoms with Crippen molar-refractivity contribution in [2.45, 2.75) is 18.3 Å². The van der Waals surface area contributed by atoms with Gasteiger partial charge in [-0.1, -0.05) is 23.7 Å². The third-order valence-corrected chi connectivity index (χ3v) is 3.32. The molecule has 2 nitrogen and oxygen atoms in total. The van der Waals surface area contributed by atoms with Crippen LogP contribution in [0.15, 0.2) is 24.3 Å². The molecule has 4 heteroatoms. The average molecular weight is 257 g/mol. The molecule has 0 amide bonds. The van der Waals surface area contributed by atoms with Gasteiger partial charge in [-0.3, -0.25) is 0 Å². The summed E-state index contributed by atoms with van der Waals surface area (Å²) < 4.78 is 0. The molecule has 0 radical (unpaired) electrons. The van der Waals surface area contributed by atoms with Crippen LogP contribution in [0.2, 0.25) is 5.02 Å². The highest BCUT2D eigenvalue weighted by Gasteiger charge is 2.33. The molecule has 16 heavy (non-hydrogen) atoms. The highest BCUT2D eigenvalue weighted by molar-refractivity contribution is 6.30. The summed E-state index contributed by atoms with van der Waals surface area (Å²) in [4.78, 5) is 0. The predicted molar refractivity (Wildman–Crippen MR) is 68.1 cm³/mol. The van der Waals surface area contributed by atoms with Gasteiger partial charge in [0.25, 0.3) is 0 Å². The van der Waals surface area contributed by atoms with Crippen molar-refractivity contribution in [3.8, 4) is 6.07 Å². The molecule has 1 heterocycles. The van der Waals surface area contributed by atoms with Gasteiger partial charge in [-0.25, -0.2) is 0 Å². The summed E-state index contributed by atoms with van der Waals surface area (Å²) >= 11 is 5.84. The van der Waals surface area contributed by atoms with Crippen molar-refractivity contribution in [1.29, 1.82) is 5.26 Å². The summed E-state index contributed by atoms with van der Waals surface area (Å²) in [6.07, 6.45) is 1.76. The maximum absolute atomic E-state index is 9.35. The van der Waals surface area contributed by atoms with Crippen LogP contribution in [0.3, 0.4) is 0 Å². The van der Waals surface area contributed by atoms with Crippen molar-refractivity contribution >= 4 is 24.0 Å². The lowest BCUT2D eigenvalue weighted by Crippen LogP contribution is -2.38. The summed E-state index contributed by atoms with van der Waals surface area (Å²) in [6.45, 7) is 1.83. The quantitative estimate of drug-likeness (QED) is 0.839. The number of hydrogen-bond acceptors (Lipinski definition) is 2. The Morgan fingerprint density at radius 2 is 1.75 bits per heavy atom. The minimum Gasteiger partial charge on any atom is -0.317 e. The Labute approximate surface area is 107 Å². The van der Waals surface area contributed by atoms with Gasteiger partial charge in [-0.15, -0.1) is 12.4 Å². The van der Waals surface area contributed by atoms with Gasteiger partial charge in [0, 0.05) is 5.02 Å². The Kier molecular flexibility index (Phi) is 4.61. The van der Waals surface area contributed by atoms with Gasteiger partial charge in [0.05, 0.1) is 11.5 Å². The first-order valence-electron chi connectivity index (χ1n) is 5.15. The molecule has 1 aliphatic heterocycles. The lowest BCUT2D eigenvalue weighted by molar-refractivity contribution is 0.382. The fraction of sp³-hybridized carbons (Fsp3) is 0.417. The number of rotatable bonds is 1. The molecule has 86 valence electrons. The van der Waals surface area contributed by atoms with Gasteiger partial charge in [-0.2, -0.15) is 5.26 Å². The number of benzene rings is 1. The fourth-order valence-corrected chi connectivity index (χ4v) is 2.21. The van der Waals surface area contributed by atoms with Crippen molar-refractivity contribution in [2.24, 2.45) is 0 Å². The van der Waals surface area contributed by atoms with Gasteiger partial charge in [-0.05, 0) is 43.6 Å². The van der Waals surface area contributed by atoms with E-state index in [0.29, 0.717) is 0 Å². The van der Waals surface area contributed by atoms with Crippen LogP contribution in [0.25, 0.3) is 0 Å². The molecule has 1 saturated heterocycles. The Bertz CT molecular complexity index is 375. The van der Waals surface area contributed by atoms with Crippen LogP contribution in [-0.2, 0) is 5.41 Å². The highest BCUT2D eigenvalue weighted by atomic mass is 35.5. The molecule has 1 fully saturated rings. The van der Waals surface area contributed by atoms with Gasteiger partial charge < -0.3 is 5.32 Å². The number of piperidine rings is 1. The van der Waals surface area contributed by atoms with Crippen LogP contribution in [0.4, 0.5) is 0 Å². The SMILES string of the molecule is Cl.N#CC1(c2ccc(Cl)cc2)CCNCC1. The fourth-order valence-electron chi connectivity index (χ4n) is 2.09. The lowest BCUT2D eigenvalue weighted by atomic mass is 9.74. The van der Waals surface area contributed by atoms with Gasteiger partial charge in [0.2, 0.25) is 0 Å². The van der Waals surface area contributed by atoms with Gasteiger partial charge >= 0.3 is 0 Å². The third-order valence-electron chi connectivity index (χ3n) is 3.07. The van der Waals surface area contributed by atoms with Crippen molar-refractivity contribution in [2.75, 3.05) is 13.1 Å². The molecular weight excluding hydrogens is 243 g/mol. The molecule has 0 saturated carbocycles. The van der Waals surface area contributed by atoms with E-state index < -0.39 is 0 Å². The van der Waals surface area contributed by atoms with E-state index in [9.17, 15) is 5.26 Å². The maximum Gasteiger partial charge on any atom is 0.0846 e. The zero-order valence-electron chi connectivity index (χ0n) is 8.87. The molecule has 0 spiro atoms. The van der Waals surface area contributed by atoms with E-state index in [2.05, 4.69) is 11.4 Å².